The van der Waals surface area contributed by atoms with Gasteiger partial charge in [0.05, 0.1) is 6.10 Å². The zero-order chi connectivity index (χ0) is 14.1. The number of hydrogen-bond donors (Lipinski definition) is 2. The average molecular weight is 279 g/mol. The summed E-state index contributed by atoms with van der Waals surface area (Å²) in [5.74, 6) is 0.446. The summed E-state index contributed by atoms with van der Waals surface area (Å²) in [4.78, 5) is 15.1. The minimum absolute atomic E-state index is 0.0746. The van der Waals surface area contributed by atoms with Crippen LogP contribution in [0.4, 0.5) is 0 Å². The van der Waals surface area contributed by atoms with Crippen molar-refractivity contribution in [2.24, 2.45) is 17.8 Å². The van der Waals surface area contributed by atoms with Gasteiger partial charge < -0.3 is 10.2 Å². The first-order valence-electron chi connectivity index (χ1n) is 8.18. The van der Waals surface area contributed by atoms with E-state index in [-0.39, 0.29) is 35.5 Å². The minimum atomic E-state index is -1.18. The van der Waals surface area contributed by atoms with Gasteiger partial charge in [-0.05, 0) is 51.1 Å². The van der Waals surface area contributed by atoms with Gasteiger partial charge in [0.15, 0.2) is 0 Å². The van der Waals surface area contributed by atoms with Crippen LogP contribution in [-0.4, -0.2) is 51.2 Å². The van der Waals surface area contributed by atoms with Gasteiger partial charge in [0, 0.05) is 23.8 Å². The second-order valence-corrected chi connectivity index (χ2v) is 7.63. The van der Waals surface area contributed by atoms with E-state index in [0.717, 1.165) is 45.2 Å². The minimum Gasteiger partial charge on any atom is -0.390 e. The van der Waals surface area contributed by atoms with Crippen LogP contribution in [-0.2, 0) is 4.79 Å². The summed E-state index contributed by atoms with van der Waals surface area (Å²) in [5.41, 5.74) is -1.33. The average Bonchev–Trinajstić information content (AvgIpc) is 2.42. The molecule has 2 aliphatic carbocycles. The molecule has 2 heterocycles. The monoisotopic (exact) mass is 279 g/mol. The Labute approximate surface area is 120 Å². The van der Waals surface area contributed by atoms with E-state index in [2.05, 4.69) is 4.90 Å². The summed E-state index contributed by atoms with van der Waals surface area (Å²) in [6.45, 7) is 4.15. The molecule has 4 aliphatic rings. The molecule has 0 aromatic heterocycles. The number of piperidine rings is 2. The standard InChI is InChI=1S/C16H25NO3/c1-10-8-15-11-4-2-6-17(15)7-3-5-13(15)16(20,14(10)19)9-12(11)18/h10-11,13-14,19-20H,2-9H2,1H3/t10-,11-,13+,14+,15+,16-/m1/s1. The predicted octanol–water partition coefficient (Wildman–Crippen LogP) is 0.952. The van der Waals surface area contributed by atoms with Crippen LogP contribution in [0, 0.1) is 17.8 Å². The van der Waals surface area contributed by atoms with Crippen LogP contribution in [0.2, 0.25) is 0 Å². The van der Waals surface area contributed by atoms with Crippen molar-refractivity contribution in [1.29, 1.82) is 0 Å². The highest BCUT2D eigenvalue weighted by Gasteiger charge is 2.69. The summed E-state index contributed by atoms with van der Waals surface area (Å²) in [5, 5.41) is 21.7. The fraction of sp³-hybridized carbons (Fsp3) is 0.938. The van der Waals surface area contributed by atoms with Crippen molar-refractivity contribution in [3.05, 3.63) is 0 Å². The summed E-state index contributed by atoms with van der Waals surface area (Å²) >= 11 is 0. The molecule has 6 atom stereocenters. The first-order chi connectivity index (χ1) is 9.50. The lowest BCUT2D eigenvalue weighted by Crippen LogP contribution is -2.79. The lowest BCUT2D eigenvalue weighted by molar-refractivity contribution is -0.257. The summed E-state index contributed by atoms with van der Waals surface area (Å²) in [7, 11) is 0. The summed E-state index contributed by atoms with van der Waals surface area (Å²) < 4.78 is 0. The van der Waals surface area contributed by atoms with Gasteiger partial charge in [-0.1, -0.05) is 6.92 Å². The normalized spacial score (nSPS) is 55.5. The van der Waals surface area contributed by atoms with Gasteiger partial charge in [-0.3, -0.25) is 9.69 Å². The van der Waals surface area contributed by atoms with E-state index in [9.17, 15) is 15.0 Å². The molecule has 0 aromatic rings. The number of carbonyl (C=O) groups is 1. The highest BCUT2D eigenvalue weighted by atomic mass is 16.3. The molecule has 112 valence electrons. The Morgan fingerprint density at radius 3 is 2.70 bits per heavy atom. The number of aliphatic hydroxyl groups is 2. The third-order valence-corrected chi connectivity index (χ3v) is 6.79. The molecule has 0 radical (unpaired) electrons. The van der Waals surface area contributed by atoms with Gasteiger partial charge in [0.2, 0.25) is 0 Å². The van der Waals surface area contributed by atoms with E-state index in [1.54, 1.807) is 0 Å². The maximum Gasteiger partial charge on any atom is 0.140 e. The van der Waals surface area contributed by atoms with Crippen molar-refractivity contribution < 1.29 is 15.0 Å². The predicted molar refractivity (Wildman–Crippen MR) is 74.1 cm³/mol. The number of Topliss-reactive ketones (excluding diaryl/α,β-unsaturated/α-hetero) is 1. The summed E-state index contributed by atoms with van der Waals surface area (Å²) in [6, 6.07) is 0. The van der Waals surface area contributed by atoms with Crippen LogP contribution in [0.15, 0.2) is 0 Å². The zero-order valence-electron chi connectivity index (χ0n) is 12.2. The Morgan fingerprint density at radius 2 is 1.95 bits per heavy atom. The Kier molecular flexibility index (Phi) is 2.68. The van der Waals surface area contributed by atoms with Crippen LogP contribution in [0.5, 0.6) is 0 Å². The molecule has 4 fully saturated rings. The molecular formula is C16H25NO3. The molecule has 2 aliphatic heterocycles. The molecular weight excluding hydrogens is 254 g/mol. The first-order valence-corrected chi connectivity index (χ1v) is 8.18. The van der Waals surface area contributed by atoms with Crippen LogP contribution in [0.3, 0.4) is 0 Å². The molecule has 2 saturated carbocycles. The van der Waals surface area contributed by atoms with Crippen LogP contribution in [0.25, 0.3) is 0 Å². The van der Waals surface area contributed by atoms with Crippen molar-refractivity contribution in [2.75, 3.05) is 13.1 Å². The van der Waals surface area contributed by atoms with E-state index in [1.165, 1.54) is 0 Å². The number of nitrogens with zero attached hydrogens (tertiary/aromatic N) is 1. The van der Waals surface area contributed by atoms with Crippen molar-refractivity contribution in [2.45, 2.75) is 62.7 Å². The number of carbonyl (C=O) groups excluding carboxylic acids is 1. The molecule has 2 N–H and O–H groups in total. The lowest BCUT2D eigenvalue weighted by Gasteiger charge is -2.69. The van der Waals surface area contributed by atoms with Gasteiger partial charge >= 0.3 is 0 Å². The zero-order valence-corrected chi connectivity index (χ0v) is 12.2. The van der Waals surface area contributed by atoms with Gasteiger partial charge in [0.25, 0.3) is 0 Å². The number of hydrogen-bond acceptors (Lipinski definition) is 4. The molecule has 2 bridgehead atoms. The quantitative estimate of drug-likeness (QED) is 0.693. The van der Waals surface area contributed by atoms with Gasteiger partial charge in [-0.25, -0.2) is 0 Å². The maximum atomic E-state index is 12.6. The van der Waals surface area contributed by atoms with Crippen LogP contribution < -0.4 is 0 Å². The molecule has 4 rings (SSSR count). The molecule has 2 saturated heterocycles. The highest BCUT2D eigenvalue weighted by molar-refractivity contribution is 5.85. The Morgan fingerprint density at radius 1 is 1.25 bits per heavy atom. The molecule has 0 amide bonds. The smallest absolute Gasteiger partial charge is 0.140 e. The van der Waals surface area contributed by atoms with E-state index in [4.69, 9.17) is 0 Å². The van der Waals surface area contributed by atoms with Gasteiger partial charge in [0.1, 0.15) is 11.4 Å². The van der Waals surface area contributed by atoms with Crippen molar-refractivity contribution in [3.8, 4) is 0 Å². The van der Waals surface area contributed by atoms with E-state index >= 15 is 0 Å². The first kappa shape index (κ1) is 13.2. The largest absolute Gasteiger partial charge is 0.390 e. The summed E-state index contributed by atoms with van der Waals surface area (Å²) in [6.07, 6.45) is 4.41. The van der Waals surface area contributed by atoms with Crippen molar-refractivity contribution in [1.82, 2.24) is 4.90 Å². The van der Waals surface area contributed by atoms with Crippen molar-refractivity contribution >= 4 is 5.78 Å². The van der Waals surface area contributed by atoms with Gasteiger partial charge in [-0.15, -0.1) is 0 Å². The van der Waals surface area contributed by atoms with Crippen molar-refractivity contribution in [3.63, 3.8) is 0 Å². The number of aliphatic hydroxyl groups excluding tert-OH is 1. The second kappa shape index (κ2) is 4.05. The number of ketones is 1. The van der Waals surface area contributed by atoms with Crippen LogP contribution >= 0.6 is 0 Å². The fourth-order valence-electron chi connectivity index (χ4n) is 6.18. The van der Waals surface area contributed by atoms with Crippen LogP contribution in [0.1, 0.15) is 45.4 Å². The Hall–Kier alpha value is -0.450. The molecule has 20 heavy (non-hydrogen) atoms. The molecule has 0 unspecified atom stereocenters. The lowest BCUT2D eigenvalue weighted by atomic mass is 9.46. The van der Waals surface area contributed by atoms with Gasteiger partial charge in [-0.2, -0.15) is 0 Å². The molecule has 0 aromatic carbocycles. The third kappa shape index (κ3) is 1.36. The third-order valence-electron chi connectivity index (χ3n) is 6.79. The topological polar surface area (TPSA) is 60.8 Å². The number of rotatable bonds is 0. The maximum absolute atomic E-state index is 12.6. The molecule has 4 heteroatoms. The Bertz CT molecular complexity index is 451. The molecule has 4 nitrogen and oxygen atoms in total. The van der Waals surface area contributed by atoms with E-state index in [0.29, 0.717) is 0 Å². The highest BCUT2D eigenvalue weighted by Crippen LogP contribution is 2.60. The SMILES string of the molecule is C[C@@H]1C[C@@]23[C@@H]4CCCN2CCC[C@@H]3[C@](O)(CC4=O)[C@H]1O. The van der Waals surface area contributed by atoms with E-state index in [1.807, 2.05) is 6.92 Å². The Balaban J connectivity index is 1.88. The molecule has 1 spiro atoms. The fourth-order valence-corrected chi connectivity index (χ4v) is 6.18. The van der Waals surface area contributed by atoms with E-state index < -0.39 is 11.7 Å². The second-order valence-electron chi connectivity index (χ2n) is 7.63.